The summed E-state index contributed by atoms with van der Waals surface area (Å²) in [4.78, 5) is 13.4. The number of nitrogens with two attached hydrogens (primary N) is 9. The highest BCUT2D eigenvalue weighted by molar-refractivity contribution is 5.75. The monoisotopic (exact) mass is 1290 g/mol. The van der Waals surface area contributed by atoms with Crippen LogP contribution in [0, 0.1) is 41.4 Å². The molecule has 546 valence electrons. The van der Waals surface area contributed by atoms with Gasteiger partial charge in [0.15, 0.2) is 5.96 Å². The van der Waals surface area contributed by atoms with Gasteiger partial charge < -0.3 is 82.0 Å². The molecular weight excluding hydrogens is 1130 g/mol. The van der Waals surface area contributed by atoms with Crippen LogP contribution < -0.4 is 67.6 Å². The Bertz CT molecular complexity index is 1520. The van der Waals surface area contributed by atoms with Gasteiger partial charge in [-0.3, -0.25) is 4.99 Å². The van der Waals surface area contributed by atoms with Crippen LogP contribution in [0.25, 0.3) is 0 Å². The van der Waals surface area contributed by atoms with E-state index < -0.39 is 0 Å². The van der Waals surface area contributed by atoms with Crippen molar-refractivity contribution in [3.8, 4) is 0 Å². The summed E-state index contributed by atoms with van der Waals surface area (Å²) in [6.45, 7) is 43.0. The highest BCUT2D eigenvalue weighted by Crippen LogP contribution is 2.27. The first kappa shape index (κ1) is 97.0. The molecule has 0 aliphatic carbocycles. The molecule has 0 saturated carbocycles. The number of aromatic amines is 1. The molecule has 17 heteroatoms. The number of nitrogens with zero attached hydrogens (tertiary/aromatic N) is 4. The standard InChI is InChI=1S/C10H25N3.C10H17N.C9H21N3.C9H19N.C9H21N.C8H17N.C7H19N3.C7H12N2.C5H14N2/c11-7-3-1-5-9-13-10-6-2-4-8-12;1-3-9(4-2)7-10-5-6-11-8-10;1-3-8(4-2)6-5-7-12-9(10)11;1-4-8-6-10(3)7-9(8)5-2;1-3-9(4-2)7-5-6-8-10;1-3-7-5-9-6-8(7)4-2;8-4-2-1-3-6-10-7-5-9;1-3-7(2)9-5-4-8-6-9;6-4-2-1-3-5-7/h13H,1-12H2;5-6,8-9,11H,3-4,7H2,1-2H3;8H,3-7H2,1-2H3,(H4,10,11,12);8-9H,4-7H2,1-3H3;9H,3-8,10H2,1-2H3;7-9H,3-6H2,1-2H3;10H,1-9H2;4-7H,3H2,1-2H3;1-7H2. The highest BCUT2D eigenvalue weighted by atomic mass is 15.1. The third kappa shape index (κ3) is 68.5. The Morgan fingerprint density at radius 3 is 1.26 bits per heavy atom. The van der Waals surface area contributed by atoms with Crippen LogP contribution in [0.15, 0.2) is 42.2 Å². The summed E-state index contributed by atoms with van der Waals surface area (Å²) in [7, 11) is 2.23. The number of unbranched alkanes of at least 4 members (excludes halogenated alkanes) is 9. The number of H-pyrrole nitrogens is 1. The van der Waals surface area contributed by atoms with Crippen LogP contribution in [0.2, 0.25) is 0 Å². The van der Waals surface area contributed by atoms with E-state index in [0.717, 1.165) is 165 Å². The van der Waals surface area contributed by atoms with Crippen LogP contribution in [0.5, 0.6) is 0 Å². The number of guanidine groups is 1. The molecule has 0 spiro atoms. The topological polar surface area (TPSA) is 319 Å². The summed E-state index contributed by atoms with van der Waals surface area (Å²) in [6, 6.07) is 2.76. The maximum atomic E-state index is 5.40. The Morgan fingerprint density at radius 2 is 0.923 bits per heavy atom. The number of aromatic nitrogens is 3. The summed E-state index contributed by atoms with van der Waals surface area (Å²) < 4.78 is 2.11. The Balaban J connectivity index is -0.000000306. The second kappa shape index (κ2) is 79.8. The molecule has 2 aliphatic heterocycles. The molecule has 0 bridgehead atoms. The lowest BCUT2D eigenvalue weighted by Crippen LogP contribution is -2.23. The van der Waals surface area contributed by atoms with Crippen molar-refractivity contribution in [2.45, 2.75) is 275 Å². The summed E-state index contributed by atoms with van der Waals surface area (Å²) >= 11 is 0. The number of hydrogen-bond acceptors (Lipinski definition) is 13. The fraction of sp³-hybridized carbons (Fsp3) is 0.892. The van der Waals surface area contributed by atoms with E-state index in [1.807, 2.05) is 24.9 Å². The second-order valence-corrected chi connectivity index (χ2v) is 25.5. The quantitative estimate of drug-likeness (QED) is 0.0167. The van der Waals surface area contributed by atoms with E-state index in [-0.39, 0.29) is 5.96 Å². The van der Waals surface area contributed by atoms with E-state index in [4.69, 9.17) is 51.6 Å². The Morgan fingerprint density at radius 1 is 0.516 bits per heavy atom. The lowest BCUT2D eigenvalue weighted by Gasteiger charge is -2.12. The Hall–Kier alpha value is -2.68. The van der Waals surface area contributed by atoms with Crippen molar-refractivity contribution in [3.05, 3.63) is 42.7 Å². The van der Waals surface area contributed by atoms with Gasteiger partial charge in [0.1, 0.15) is 0 Å². The zero-order valence-corrected chi connectivity index (χ0v) is 62.9. The average Bonchev–Trinajstić information content (AvgIpc) is 4.31. The van der Waals surface area contributed by atoms with Gasteiger partial charge >= 0.3 is 0 Å². The molecule has 2 fully saturated rings. The number of rotatable bonds is 43. The summed E-state index contributed by atoms with van der Waals surface area (Å²) in [5.41, 5.74) is 49.1. The molecule has 22 N–H and O–H groups in total. The molecule has 2 aliphatic rings. The molecule has 5 atom stereocenters. The first-order valence-electron chi connectivity index (χ1n) is 38.0. The van der Waals surface area contributed by atoms with E-state index in [9.17, 15) is 0 Å². The van der Waals surface area contributed by atoms with Gasteiger partial charge in [0, 0.05) is 63.6 Å². The third-order valence-corrected chi connectivity index (χ3v) is 18.1. The van der Waals surface area contributed by atoms with Crippen molar-refractivity contribution >= 4 is 5.96 Å². The molecule has 17 nitrogen and oxygen atoms in total. The Kier molecular flexibility index (Phi) is 85.0. The van der Waals surface area contributed by atoms with Crippen molar-refractivity contribution in [3.63, 3.8) is 0 Å². The molecule has 4 heterocycles. The minimum Gasteiger partial charge on any atom is -0.370 e. The van der Waals surface area contributed by atoms with Gasteiger partial charge in [-0.25, -0.2) is 4.98 Å². The van der Waals surface area contributed by atoms with Crippen LogP contribution in [0.3, 0.4) is 0 Å². The second-order valence-electron chi connectivity index (χ2n) is 25.5. The summed E-state index contributed by atoms with van der Waals surface area (Å²) in [5, 5.41) is 10.1. The van der Waals surface area contributed by atoms with Crippen molar-refractivity contribution in [1.82, 2.24) is 35.4 Å². The molecule has 0 amide bonds. The zero-order chi connectivity index (χ0) is 69.2. The molecule has 2 saturated heterocycles. The molecule has 91 heavy (non-hydrogen) atoms. The number of imidazole rings is 1. The molecule has 0 radical (unpaired) electrons. The predicted octanol–water partition coefficient (Wildman–Crippen LogP) is 13.1. The normalized spacial score (nSPS) is 15.9. The van der Waals surface area contributed by atoms with Gasteiger partial charge in [0.25, 0.3) is 0 Å². The van der Waals surface area contributed by atoms with Crippen molar-refractivity contribution < 1.29 is 0 Å². The van der Waals surface area contributed by atoms with Crippen molar-refractivity contribution in [1.29, 1.82) is 0 Å². The van der Waals surface area contributed by atoms with Crippen molar-refractivity contribution in [2.24, 2.45) is 98.0 Å². The number of aliphatic imine (C=N–C) groups is 1. The minimum atomic E-state index is 0.208. The number of likely N-dealkylation sites (tertiary alicyclic amines) is 1. The van der Waals surface area contributed by atoms with Crippen LogP contribution in [0.1, 0.15) is 274 Å². The lowest BCUT2D eigenvalue weighted by molar-refractivity contribution is 0.392. The molecule has 0 aromatic carbocycles. The van der Waals surface area contributed by atoms with E-state index in [0.29, 0.717) is 6.04 Å². The molecule has 2 aromatic heterocycles. The predicted molar refractivity (Wildman–Crippen MR) is 408 cm³/mol. The Labute approximate surface area is 566 Å². The molecular formula is C74H165N17. The van der Waals surface area contributed by atoms with Crippen LogP contribution in [-0.2, 0) is 6.42 Å². The van der Waals surface area contributed by atoms with Gasteiger partial charge in [-0.2, -0.15) is 0 Å². The first-order valence-corrected chi connectivity index (χ1v) is 38.0. The average molecular weight is 1290 g/mol. The number of hydrogen-bond donors (Lipinski definition) is 13. The third-order valence-electron chi connectivity index (χ3n) is 18.1. The SMILES string of the molecule is CCC(C)n1ccnc1.CCC(CC)CCCCN.CCC(CC)CCCN=C(N)N.CCC(CC)Cc1cc[nH]c1.CCC1CN(C)CC1CC.CCC1CNCC1CC.NCCCCCN.NCCCCCNCCCCCN.NCCCCCNCCN. The zero-order valence-electron chi connectivity index (χ0n) is 62.9. The first-order chi connectivity index (χ1) is 44.2. The van der Waals surface area contributed by atoms with Gasteiger partial charge in [-0.15, -0.1) is 0 Å². The fourth-order valence-electron chi connectivity index (χ4n) is 11.1. The number of nitrogens with one attached hydrogen (secondary N) is 4. The van der Waals surface area contributed by atoms with E-state index in [2.05, 4.69) is 143 Å². The summed E-state index contributed by atoms with van der Waals surface area (Å²) in [5.74, 6) is 6.77. The highest BCUT2D eigenvalue weighted by Gasteiger charge is 2.27. The van der Waals surface area contributed by atoms with Crippen LogP contribution in [0.4, 0.5) is 0 Å². The molecule has 2 aromatic rings. The van der Waals surface area contributed by atoms with Crippen LogP contribution in [-0.4, -0.2) is 137 Å². The van der Waals surface area contributed by atoms with E-state index in [1.165, 1.54) is 173 Å². The smallest absolute Gasteiger partial charge is 0.185 e. The van der Waals surface area contributed by atoms with Gasteiger partial charge in [0.05, 0.1) is 6.33 Å². The van der Waals surface area contributed by atoms with Crippen LogP contribution >= 0.6 is 0 Å². The minimum absolute atomic E-state index is 0.208. The van der Waals surface area contributed by atoms with E-state index >= 15 is 0 Å². The molecule has 5 unspecified atom stereocenters. The van der Waals surface area contributed by atoms with Gasteiger partial charge in [-0.1, -0.05) is 179 Å². The molecule has 4 rings (SSSR count). The van der Waals surface area contributed by atoms with E-state index in [1.54, 1.807) is 0 Å². The summed E-state index contributed by atoms with van der Waals surface area (Å²) in [6.07, 6.45) is 46.0. The maximum Gasteiger partial charge on any atom is 0.185 e. The lowest BCUT2D eigenvalue weighted by atomic mass is 9.92. The maximum absolute atomic E-state index is 5.40. The van der Waals surface area contributed by atoms with Gasteiger partial charge in [-0.05, 0) is 222 Å². The largest absolute Gasteiger partial charge is 0.370 e. The fourth-order valence-corrected chi connectivity index (χ4v) is 11.1. The van der Waals surface area contributed by atoms with Gasteiger partial charge in [0.2, 0.25) is 0 Å². The van der Waals surface area contributed by atoms with Crippen molar-refractivity contribution in [2.75, 3.05) is 112 Å².